The van der Waals surface area contributed by atoms with Crippen molar-refractivity contribution in [2.45, 2.75) is 12.5 Å². The highest BCUT2D eigenvalue weighted by molar-refractivity contribution is 7.10. The minimum atomic E-state index is -0.533. The SMILES string of the molecule is NC(=O)COc1ccc(C(=O)N2CCc3sccc3C2c2cccs2)cc1. The molecule has 0 saturated carbocycles. The Morgan fingerprint density at radius 2 is 1.93 bits per heavy atom. The third kappa shape index (κ3) is 3.61. The predicted octanol–water partition coefficient (Wildman–Crippen LogP) is 3.46. The van der Waals surface area contributed by atoms with Crippen LogP contribution in [-0.2, 0) is 11.2 Å². The van der Waals surface area contributed by atoms with E-state index in [0.29, 0.717) is 17.9 Å². The van der Waals surface area contributed by atoms with Gasteiger partial charge >= 0.3 is 0 Å². The molecule has 5 nitrogen and oxygen atoms in total. The first kappa shape index (κ1) is 17.8. The molecule has 0 bridgehead atoms. The van der Waals surface area contributed by atoms with Crippen molar-refractivity contribution >= 4 is 34.5 Å². The number of fused-ring (bicyclic) bond motifs is 1. The number of hydrogen-bond donors (Lipinski definition) is 1. The van der Waals surface area contributed by atoms with E-state index < -0.39 is 5.91 Å². The standard InChI is InChI=1S/C20H18N2O3S2/c21-18(23)12-25-14-5-3-13(4-6-14)20(24)22-9-7-16-15(8-11-27-16)19(22)17-2-1-10-26-17/h1-6,8,10-11,19H,7,9,12H2,(H2,21,23). The van der Waals surface area contributed by atoms with Crippen LogP contribution < -0.4 is 10.5 Å². The predicted molar refractivity (Wildman–Crippen MR) is 106 cm³/mol. The molecule has 0 fully saturated rings. The Labute approximate surface area is 165 Å². The third-order valence-electron chi connectivity index (χ3n) is 4.52. The molecular weight excluding hydrogens is 380 g/mol. The first-order valence-corrected chi connectivity index (χ1v) is 10.3. The van der Waals surface area contributed by atoms with Gasteiger partial charge in [0, 0.05) is 21.9 Å². The quantitative estimate of drug-likeness (QED) is 0.715. The Hall–Kier alpha value is -2.64. The molecule has 0 radical (unpaired) electrons. The van der Waals surface area contributed by atoms with Gasteiger partial charge in [-0.05, 0) is 59.1 Å². The Kier molecular flexibility index (Phi) is 4.96. The van der Waals surface area contributed by atoms with E-state index >= 15 is 0 Å². The van der Waals surface area contributed by atoms with Crippen LogP contribution in [0.5, 0.6) is 5.75 Å². The van der Waals surface area contributed by atoms with E-state index in [1.165, 1.54) is 15.3 Å². The minimum Gasteiger partial charge on any atom is -0.484 e. The van der Waals surface area contributed by atoms with E-state index in [4.69, 9.17) is 10.5 Å². The fourth-order valence-electron chi connectivity index (χ4n) is 3.30. The zero-order valence-electron chi connectivity index (χ0n) is 14.5. The average molecular weight is 399 g/mol. The summed E-state index contributed by atoms with van der Waals surface area (Å²) in [4.78, 5) is 28.5. The van der Waals surface area contributed by atoms with Gasteiger partial charge in [0.25, 0.3) is 11.8 Å². The van der Waals surface area contributed by atoms with Crippen molar-refractivity contribution in [1.82, 2.24) is 4.90 Å². The molecular formula is C20H18N2O3S2. The van der Waals surface area contributed by atoms with Gasteiger partial charge in [-0.3, -0.25) is 9.59 Å². The van der Waals surface area contributed by atoms with E-state index in [2.05, 4.69) is 17.5 Å². The van der Waals surface area contributed by atoms with Crippen LogP contribution in [0.4, 0.5) is 0 Å². The monoisotopic (exact) mass is 398 g/mol. The van der Waals surface area contributed by atoms with Crippen LogP contribution in [0.2, 0.25) is 0 Å². The summed E-state index contributed by atoms with van der Waals surface area (Å²) in [6.07, 6.45) is 0.875. The molecule has 3 heterocycles. The smallest absolute Gasteiger partial charge is 0.255 e. The van der Waals surface area contributed by atoms with E-state index in [1.807, 2.05) is 16.3 Å². The van der Waals surface area contributed by atoms with E-state index in [0.717, 1.165) is 6.42 Å². The molecule has 4 rings (SSSR count). The molecule has 1 unspecified atom stereocenters. The number of primary amides is 1. The minimum absolute atomic E-state index is 0.00768. The van der Waals surface area contributed by atoms with Gasteiger partial charge in [0.2, 0.25) is 0 Å². The van der Waals surface area contributed by atoms with Crippen molar-refractivity contribution in [1.29, 1.82) is 0 Å². The first-order valence-electron chi connectivity index (χ1n) is 8.55. The third-order valence-corrected chi connectivity index (χ3v) is 6.44. The summed E-state index contributed by atoms with van der Waals surface area (Å²) in [7, 11) is 0. The Morgan fingerprint density at radius 1 is 1.11 bits per heavy atom. The fourth-order valence-corrected chi connectivity index (χ4v) is 5.06. The lowest BCUT2D eigenvalue weighted by Gasteiger charge is -2.35. The number of benzene rings is 1. The first-order chi connectivity index (χ1) is 13.1. The molecule has 1 aromatic carbocycles. The molecule has 2 N–H and O–H groups in total. The summed E-state index contributed by atoms with van der Waals surface area (Å²) in [5.74, 6) is -0.0283. The van der Waals surface area contributed by atoms with Crippen molar-refractivity contribution in [3.05, 3.63) is 74.1 Å². The van der Waals surface area contributed by atoms with Crippen LogP contribution in [0, 0.1) is 0 Å². The van der Waals surface area contributed by atoms with E-state index in [9.17, 15) is 9.59 Å². The van der Waals surface area contributed by atoms with Gasteiger partial charge in [-0.25, -0.2) is 0 Å². The van der Waals surface area contributed by atoms with Gasteiger partial charge in [0.05, 0.1) is 6.04 Å². The summed E-state index contributed by atoms with van der Waals surface area (Å²) < 4.78 is 5.27. The number of thiophene rings is 2. The molecule has 27 heavy (non-hydrogen) atoms. The highest BCUT2D eigenvalue weighted by Gasteiger charge is 2.33. The van der Waals surface area contributed by atoms with Crippen LogP contribution in [0.15, 0.2) is 53.2 Å². The summed E-state index contributed by atoms with van der Waals surface area (Å²) in [6.45, 7) is 0.510. The lowest BCUT2D eigenvalue weighted by atomic mass is 9.97. The molecule has 7 heteroatoms. The van der Waals surface area contributed by atoms with Crippen LogP contribution in [0.25, 0.3) is 0 Å². The highest BCUT2D eigenvalue weighted by Crippen LogP contribution is 2.40. The Morgan fingerprint density at radius 3 is 2.63 bits per heavy atom. The van der Waals surface area contributed by atoms with Crippen molar-refractivity contribution < 1.29 is 14.3 Å². The summed E-state index contributed by atoms with van der Waals surface area (Å²) in [6, 6.07) is 13.0. The van der Waals surface area contributed by atoms with E-state index in [1.54, 1.807) is 46.9 Å². The topological polar surface area (TPSA) is 72.6 Å². The number of ether oxygens (including phenoxy) is 1. The molecule has 1 atom stereocenters. The Bertz CT molecular complexity index is 948. The molecule has 2 amide bonds. The van der Waals surface area contributed by atoms with Gasteiger partial charge in [-0.2, -0.15) is 0 Å². The maximum atomic E-state index is 13.2. The molecule has 2 aromatic heterocycles. The molecule has 3 aromatic rings. The number of nitrogens with zero attached hydrogens (tertiary/aromatic N) is 1. The van der Waals surface area contributed by atoms with Crippen molar-refractivity contribution in [2.75, 3.05) is 13.2 Å². The number of hydrogen-bond acceptors (Lipinski definition) is 5. The van der Waals surface area contributed by atoms with Gasteiger partial charge in [-0.15, -0.1) is 22.7 Å². The van der Waals surface area contributed by atoms with Crippen LogP contribution >= 0.6 is 22.7 Å². The second kappa shape index (κ2) is 7.54. The molecule has 0 aliphatic carbocycles. The second-order valence-corrected chi connectivity index (χ2v) is 8.22. The number of nitrogens with two attached hydrogens (primary N) is 1. The molecule has 1 aliphatic rings. The number of carbonyl (C=O) groups is 2. The molecule has 138 valence electrons. The average Bonchev–Trinajstić information content (AvgIpc) is 3.37. The number of amides is 2. The summed E-state index contributed by atoms with van der Waals surface area (Å²) in [5.41, 5.74) is 6.91. The van der Waals surface area contributed by atoms with Crippen LogP contribution in [-0.4, -0.2) is 29.9 Å². The maximum Gasteiger partial charge on any atom is 0.255 e. The van der Waals surface area contributed by atoms with Crippen molar-refractivity contribution in [3.63, 3.8) is 0 Å². The number of rotatable bonds is 5. The lowest BCUT2D eigenvalue weighted by molar-refractivity contribution is -0.119. The zero-order chi connectivity index (χ0) is 18.8. The van der Waals surface area contributed by atoms with Crippen LogP contribution in [0.1, 0.15) is 31.7 Å². The molecule has 0 saturated heterocycles. The maximum absolute atomic E-state index is 13.2. The normalized spacial score (nSPS) is 16.0. The van der Waals surface area contributed by atoms with Gasteiger partial charge in [-0.1, -0.05) is 6.07 Å². The molecule has 1 aliphatic heterocycles. The van der Waals surface area contributed by atoms with Gasteiger partial charge in [0.15, 0.2) is 6.61 Å². The lowest BCUT2D eigenvalue weighted by Crippen LogP contribution is -2.39. The highest BCUT2D eigenvalue weighted by atomic mass is 32.1. The summed E-state index contributed by atoms with van der Waals surface area (Å²) in [5, 5.41) is 4.15. The fraction of sp³-hybridized carbons (Fsp3) is 0.200. The van der Waals surface area contributed by atoms with Crippen molar-refractivity contribution in [2.24, 2.45) is 5.73 Å². The second-order valence-electron chi connectivity index (χ2n) is 6.24. The zero-order valence-corrected chi connectivity index (χ0v) is 16.1. The van der Waals surface area contributed by atoms with Crippen molar-refractivity contribution in [3.8, 4) is 5.75 Å². The summed E-state index contributed by atoms with van der Waals surface area (Å²) >= 11 is 3.43. The number of carbonyl (C=O) groups excluding carboxylic acids is 2. The van der Waals surface area contributed by atoms with Crippen LogP contribution in [0.3, 0.4) is 0 Å². The molecule has 0 spiro atoms. The van der Waals surface area contributed by atoms with E-state index in [-0.39, 0.29) is 18.6 Å². The van der Waals surface area contributed by atoms with Gasteiger partial charge < -0.3 is 15.4 Å². The Balaban J connectivity index is 1.60. The largest absolute Gasteiger partial charge is 0.484 e. The van der Waals surface area contributed by atoms with Gasteiger partial charge in [0.1, 0.15) is 5.75 Å².